The molecule has 52 valence electrons. The van der Waals surface area contributed by atoms with Gasteiger partial charge < -0.3 is 5.11 Å². The Morgan fingerprint density at radius 3 is 2.70 bits per heavy atom. The molecule has 2 rings (SSSR count). The van der Waals surface area contributed by atoms with Crippen molar-refractivity contribution < 1.29 is 5.11 Å². The predicted octanol–water partition coefficient (Wildman–Crippen LogP) is 1.06. The quantitative estimate of drug-likeness (QED) is 0.624. The fourth-order valence-corrected chi connectivity index (χ4v) is 1.01. The van der Waals surface area contributed by atoms with Crippen molar-refractivity contribution in [3.05, 3.63) is 30.1 Å². The summed E-state index contributed by atoms with van der Waals surface area (Å²) in [6.45, 7) is 0. The molecular weight excluding hydrogens is 126 g/mol. The third-order valence-electron chi connectivity index (χ3n) is 1.87. The van der Waals surface area contributed by atoms with Gasteiger partial charge in [-0.15, -0.1) is 0 Å². The third kappa shape index (κ3) is 0.809. The molecule has 0 atom stereocenters. The number of aliphatic hydroxyl groups is 1. The molecule has 1 aliphatic rings. The van der Waals surface area contributed by atoms with Gasteiger partial charge in [-0.1, -0.05) is 6.07 Å². The first-order chi connectivity index (χ1) is 4.81. The molecule has 0 aliphatic heterocycles. The Hall–Kier alpha value is -0.890. The van der Waals surface area contributed by atoms with E-state index in [1.165, 1.54) is 0 Å². The highest BCUT2D eigenvalue weighted by atomic mass is 16.3. The Balaban J connectivity index is 2.35. The molecule has 0 unspecified atom stereocenters. The molecule has 10 heavy (non-hydrogen) atoms. The van der Waals surface area contributed by atoms with Gasteiger partial charge >= 0.3 is 0 Å². The molecule has 1 saturated carbocycles. The van der Waals surface area contributed by atoms with Crippen LogP contribution in [0, 0.1) is 0 Å². The van der Waals surface area contributed by atoms with Crippen LogP contribution in [0.15, 0.2) is 24.4 Å². The van der Waals surface area contributed by atoms with E-state index in [1.807, 2.05) is 18.2 Å². The van der Waals surface area contributed by atoms with Gasteiger partial charge in [0, 0.05) is 6.20 Å². The van der Waals surface area contributed by atoms with E-state index in [2.05, 4.69) is 4.98 Å². The monoisotopic (exact) mass is 135 g/mol. The number of hydrogen-bond donors (Lipinski definition) is 1. The maximum absolute atomic E-state index is 9.54. The normalized spacial score (nSPS) is 20.5. The molecule has 2 heteroatoms. The Kier molecular flexibility index (Phi) is 1.05. The SMILES string of the molecule is OC1(c2ccccn2)CC1. The first kappa shape index (κ1) is 5.86. The molecule has 1 heterocycles. The molecule has 1 fully saturated rings. The average molecular weight is 135 g/mol. The lowest BCUT2D eigenvalue weighted by Crippen LogP contribution is -2.05. The summed E-state index contributed by atoms with van der Waals surface area (Å²) in [5.41, 5.74) is 0.247. The van der Waals surface area contributed by atoms with Crippen molar-refractivity contribution in [2.75, 3.05) is 0 Å². The predicted molar refractivity (Wildman–Crippen MR) is 37.4 cm³/mol. The Bertz CT molecular complexity index is 228. The van der Waals surface area contributed by atoms with Gasteiger partial charge in [-0.05, 0) is 25.0 Å². The lowest BCUT2D eigenvalue weighted by molar-refractivity contribution is 0.146. The molecule has 1 aliphatic carbocycles. The molecule has 0 aromatic carbocycles. The summed E-state index contributed by atoms with van der Waals surface area (Å²) in [4.78, 5) is 4.06. The molecule has 0 radical (unpaired) electrons. The van der Waals surface area contributed by atoms with Crippen molar-refractivity contribution in [2.45, 2.75) is 18.4 Å². The van der Waals surface area contributed by atoms with Crippen molar-refractivity contribution in [2.24, 2.45) is 0 Å². The summed E-state index contributed by atoms with van der Waals surface area (Å²) < 4.78 is 0. The molecule has 0 spiro atoms. The first-order valence-corrected chi connectivity index (χ1v) is 3.45. The number of aromatic nitrogens is 1. The molecule has 0 bridgehead atoms. The number of nitrogens with zero attached hydrogens (tertiary/aromatic N) is 1. The van der Waals surface area contributed by atoms with Crippen molar-refractivity contribution >= 4 is 0 Å². The molecular formula is C8H9NO. The van der Waals surface area contributed by atoms with Gasteiger partial charge in [0.2, 0.25) is 0 Å². The minimum atomic E-state index is -0.568. The fraction of sp³-hybridized carbons (Fsp3) is 0.375. The van der Waals surface area contributed by atoms with Gasteiger partial charge in [-0.2, -0.15) is 0 Å². The van der Waals surface area contributed by atoms with Crippen LogP contribution in [0.1, 0.15) is 18.5 Å². The lowest BCUT2D eigenvalue weighted by Gasteiger charge is -2.03. The van der Waals surface area contributed by atoms with Crippen molar-refractivity contribution in [1.29, 1.82) is 0 Å². The van der Waals surface area contributed by atoms with Crippen LogP contribution in [0.5, 0.6) is 0 Å². The van der Waals surface area contributed by atoms with Crippen molar-refractivity contribution in [3.63, 3.8) is 0 Å². The van der Waals surface area contributed by atoms with E-state index >= 15 is 0 Å². The fourth-order valence-electron chi connectivity index (χ4n) is 1.01. The van der Waals surface area contributed by atoms with E-state index < -0.39 is 5.60 Å². The molecule has 1 N–H and O–H groups in total. The van der Waals surface area contributed by atoms with E-state index in [-0.39, 0.29) is 0 Å². The van der Waals surface area contributed by atoms with Crippen LogP contribution < -0.4 is 0 Å². The summed E-state index contributed by atoms with van der Waals surface area (Å²) in [5.74, 6) is 0. The Morgan fingerprint density at radius 1 is 1.40 bits per heavy atom. The highest BCUT2D eigenvalue weighted by Crippen LogP contribution is 2.43. The molecule has 0 amide bonds. The minimum Gasteiger partial charge on any atom is -0.384 e. The minimum absolute atomic E-state index is 0.568. The van der Waals surface area contributed by atoms with Crippen LogP contribution in [0.2, 0.25) is 0 Å². The van der Waals surface area contributed by atoms with Gasteiger partial charge in [0.05, 0.1) is 5.69 Å². The number of hydrogen-bond acceptors (Lipinski definition) is 2. The Labute approximate surface area is 59.5 Å². The van der Waals surface area contributed by atoms with Gasteiger partial charge in [0.15, 0.2) is 0 Å². The molecule has 2 nitrogen and oxygen atoms in total. The van der Waals surface area contributed by atoms with Crippen molar-refractivity contribution in [1.82, 2.24) is 4.98 Å². The summed E-state index contributed by atoms with van der Waals surface area (Å²) in [7, 11) is 0. The summed E-state index contributed by atoms with van der Waals surface area (Å²) >= 11 is 0. The van der Waals surface area contributed by atoms with E-state index in [4.69, 9.17) is 0 Å². The second-order valence-corrected chi connectivity index (χ2v) is 2.75. The van der Waals surface area contributed by atoms with Gasteiger partial charge in [0.1, 0.15) is 5.60 Å². The van der Waals surface area contributed by atoms with E-state index in [1.54, 1.807) is 6.20 Å². The van der Waals surface area contributed by atoms with Crippen LogP contribution in [0.25, 0.3) is 0 Å². The van der Waals surface area contributed by atoms with Crippen LogP contribution in [-0.2, 0) is 5.60 Å². The summed E-state index contributed by atoms with van der Waals surface area (Å²) in [6.07, 6.45) is 3.44. The Morgan fingerprint density at radius 2 is 2.20 bits per heavy atom. The molecule has 0 saturated heterocycles. The topological polar surface area (TPSA) is 33.1 Å². The van der Waals surface area contributed by atoms with Crippen LogP contribution in [-0.4, -0.2) is 10.1 Å². The highest BCUT2D eigenvalue weighted by Gasteiger charge is 2.43. The smallest absolute Gasteiger partial charge is 0.107 e. The third-order valence-corrected chi connectivity index (χ3v) is 1.87. The average Bonchev–Trinajstić information content (AvgIpc) is 2.72. The van der Waals surface area contributed by atoms with E-state index in [0.717, 1.165) is 18.5 Å². The maximum atomic E-state index is 9.54. The molecule has 1 aromatic heterocycles. The second-order valence-electron chi connectivity index (χ2n) is 2.75. The lowest BCUT2D eigenvalue weighted by atomic mass is 10.2. The van der Waals surface area contributed by atoms with Crippen LogP contribution in [0.4, 0.5) is 0 Å². The van der Waals surface area contributed by atoms with E-state index in [0.29, 0.717) is 0 Å². The van der Waals surface area contributed by atoms with Gasteiger partial charge in [0.25, 0.3) is 0 Å². The number of pyridine rings is 1. The standard InChI is InChI=1S/C8H9NO/c10-8(4-5-8)7-3-1-2-6-9-7/h1-3,6,10H,4-5H2. The zero-order chi connectivity index (χ0) is 7.03. The summed E-state index contributed by atoms with van der Waals surface area (Å²) in [6, 6.07) is 5.63. The molecule has 1 aromatic rings. The maximum Gasteiger partial charge on any atom is 0.107 e. The van der Waals surface area contributed by atoms with Gasteiger partial charge in [-0.25, -0.2) is 0 Å². The first-order valence-electron chi connectivity index (χ1n) is 3.45. The largest absolute Gasteiger partial charge is 0.384 e. The zero-order valence-electron chi connectivity index (χ0n) is 5.62. The van der Waals surface area contributed by atoms with Crippen molar-refractivity contribution in [3.8, 4) is 0 Å². The summed E-state index contributed by atoms with van der Waals surface area (Å²) in [5, 5.41) is 9.54. The highest BCUT2D eigenvalue weighted by molar-refractivity contribution is 5.18. The van der Waals surface area contributed by atoms with E-state index in [9.17, 15) is 5.11 Å². The van der Waals surface area contributed by atoms with Gasteiger partial charge in [-0.3, -0.25) is 4.98 Å². The van der Waals surface area contributed by atoms with Crippen LogP contribution in [0.3, 0.4) is 0 Å². The van der Waals surface area contributed by atoms with Crippen LogP contribution >= 0.6 is 0 Å². The number of rotatable bonds is 1. The zero-order valence-corrected chi connectivity index (χ0v) is 5.62. The second kappa shape index (κ2) is 1.80.